The van der Waals surface area contributed by atoms with E-state index in [4.69, 9.17) is 10.2 Å². The zero-order valence-electron chi connectivity index (χ0n) is 19.4. The number of aliphatic carboxylic acids is 3. The number of nitrogens with zero attached hydrogens (tertiary/aromatic N) is 5. The van der Waals surface area contributed by atoms with Crippen LogP contribution < -0.4 is 5.32 Å². The Bertz CT molecular complexity index is 581. The molecule has 1 saturated heterocycles. The summed E-state index contributed by atoms with van der Waals surface area (Å²) in [7, 11) is 3.85. The van der Waals surface area contributed by atoms with Gasteiger partial charge in [-0.05, 0) is 14.1 Å². The van der Waals surface area contributed by atoms with E-state index in [0.717, 1.165) is 32.7 Å². The molecule has 0 radical (unpaired) electrons. The Morgan fingerprint density at radius 2 is 1.31 bits per heavy atom. The van der Waals surface area contributed by atoms with Crippen LogP contribution in [0.3, 0.4) is 0 Å². The van der Waals surface area contributed by atoms with Crippen LogP contribution in [0.1, 0.15) is 0 Å². The van der Waals surface area contributed by atoms with Gasteiger partial charge in [-0.3, -0.25) is 34.0 Å². The highest BCUT2D eigenvalue weighted by Gasteiger charge is 2.17. The van der Waals surface area contributed by atoms with Gasteiger partial charge in [0.05, 0.1) is 19.6 Å². The quantitative estimate of drug-likeness (QED) is 0.231. The van der Waals surface area contributed by atoms with Crippen molar-refractivity contribution in [3.05, 3.63) is 0 Å². The molecule has 0 amide bonds. The molecule has 0 aliphatic carbocycles. The lowest BCUT2D eigenvalue weighted by Crippen LogP contribution is -2.48. The van der Waals surface area contributed by atoms with Gasteiger partial charge in [0.1, 0.15) is 0 Å². The maximum Gasteiger partial charge on any atom is 0.317 e. The smallest absolute Gasteiger partial charge is 0.317 e. The molecule has 1 heterocycles. The Balaban J connectivity index is 2.67. The van der Waals surface area contributed by atoms with Crippen molar-refractivity contribution in [1.29, 1.82) is 0 Å². The number of nitrogens with one attached hydrogen (secondary N) is 1. The van der Waals surface area contributed by atoms with E-state index in [-0.39, 0.29) is 19.6 Å². The van der Waals surface area contributed by atoms with Crippen LogP contribution in [0.2, 0.25) is 0 Å². The molecule has 1 fully saturated rings. The molecule has 0 bridgehead atoms. The molecule has 0 unspecified atom stereocenters. The summed E-state index contributed by atoms with van der Waals surface area (Å²) in [6.07, 6.45) is 0. The predicted molar refractivity (Wildman–Crippen MR) is 120 cm³/mol. The standard InChI is InChI=1S/C20H40N6O6/c1-22-5-8-24(4-3-21-15-18(27)28)11-13-26(17-20(31)32)14-12-25(9-6-22)10-7-23(2)16-19(29)30/h21H,3-17H2,1-2H3,(H,27,28)(H,29,30)(H,31,32). The van der Waals surface area contributed by atoms with Crippen molar-refractivity contribution in [2.75, 3.05) is 112 Å². The second-order valence-corrected chi connectivity index (χ2v) is 8.36. The number of carboxylic acid groups (broad SMARTS) is 3. The molecule has 12 nitrogen and oxygen atoms in total. The maximum absolute atomic E-state index is 11.3. The molecule has 0 saturated carbocycles. The number of likely N-dealkylation sites (N-methyl/N-ethyl adjacent to an activating group) is 2. The largest absolute Gasteiger partial charge is 0.480 e. The Labute approximate surface area is 190 Å². The zero-order valence-corrected chi connectivity index (χ0v) is 19.4. The molecular weight excluding hydrogens is 420 g/mol. The molecule has 4 N–H and O–H groups in total. The summed E-state index contributed by atoms with van der Waals surface area (Å²) in [5.74, 6) is -2.60. The lowest BCUT2D eigenvalue weighted by atomic mass is 10.3. The van der Waals surface area contributed by atoms with E-state index in [2.05, 4.69) is 27.1 Å². The highest BCUT2D eigenvalue weighted by Crippen LogP contribution is 2.00. The molecule has 1 aliphatic rings. The second-order valence-electron chi connectivity index (χ2n) is 8.36. The van der Waals surface area contributed by atoms with Gasteiger partial charge in [0.25, 0.3) is 0 Å². The van der Waals surface area contributed by atoms with Crippen molar-refractivity contribution in [2.45, 2.75) is 0 Å². The van der Waals surface area contributed by atoms with Crippen LogP contribution in [0.4, 0.5) is 0 Å². The van der Waals surface area contributed by atoms with E-state index in [0.29, 0.717) is 45.8 Å². The molecule has 0 atom stereocenters. The lowest BCUT2D eigenvalue weighted by molar-refractivity contribution is -0.139. The van der Waals surface area contributed by atoms with Gasteiger partial charge in [0.15, 0.2) is 0 Å². The molecule has 0 aromatic carbocycles. The Morgan fingerprint density at radius 3 is 1.84 bits per heavy atom. The van der Waals surface area contributed by atoms with Gasteiger partial charge in [-0.15, -0.1) is 0 Å². The number of carbonyl (C=O) groups is 3. The molecule has 0 aromatic rings. The van der Waals surface area contributed by atoms with Crippen LogP contribution in [0, 0.1) is 0 Å². The highest BCUT2D eigenvalue weighted by molar-refractivity contribution is 5.69. The van der Waals surface area contributed by atoms with Crippen LogP contribution in [0.25, 0.3) is 0 Å². The fourth-order valence-electron chi connectivity index (χ4n) is 3.49. The second kappa shape index (κ2) is 15.9. The summed E-state index contributed by atoms with van der Waals surface area (Å²) >= 11 is 0. The summed E-state index contributed by atoms with van der Waals surface area (Å²) in [4.78, 5) is 43.3. The molecule has 12 heteroatoms. The zero-order chi connectivity index (χ0) is 23.9. The van der Waals surface area contributed by atoms with Gasteiger partial charge in [0.2, 0.25) is 0 Å². The first kappa shape index (κ1) is 28.2. The van der Waals surface area contributed by atoms with Gasteiger partial charge in [-0.1, -0.05) is 0 Å². The van der Waals surface area contributed by atoms with Crippen LogP contribution in [0.5, 0.6) is 0 Å². The maximum atomic E-state index is 11.3. The molecule has 0 spiro atoms. The van der Waals surface area contributed by atoms with Crippen molar-refractivity contribution >= 4 is 17.9 Å². The fraction of sp³-hybridized carbons (Fsp3) is 0.850. The first-order valence-electron chi connectivity index (χ1n) is 11.1. The minimum atomic E-state index is -0.884. The summed E-state index contributed by atoms with van der Waals surface area (Å²) in [6.45, 7) is 8.49. The van der Waals surface area contributed by atoms with Crippen LogP contribution in [0.15, 0.2) is 0 Å². The summed E-state index contributed by atoms with van der Waals surface area (Å²) in [5.41, 5.74) is 0. The number of hydrogen-bond acceptors (Lipinski definition) is 9. The predicted octanol–water partition coefficient (Wildman–Crippen LogP) is -2.39. The van der Waals surface area contributed by atoms with Crippen molar-refractivity contribution in [1.82, 2.24) is 29.8 Å². The minimum absolute atomic E-state index is 0.00393. The van der Waals surface area contributed by atoms with Crippen LogP contribution in [-0.4, -0.2) is 170 Å². The van der Waals surface area contributed by atoms with Gasteiger partial charge >= 0.3 is 17.9 Å². The van der Waals surface area contributed by atoms with Crippen molar-refractivity contribution in [3.63, 3.8) is 0 Å². The molecule has 0 aromatic heterocycles. The number of hydrogen-bond donors (Lipinski definition) is 4. The monoisotopic (exact) mass is 460 g/mol. The van der Waals surface area contributed by atoms with E-state index in [1.807, 2.05) is 4.90 Å². The molecule has 1 rings (SSSR count). The lowest BCUT2D eigenvalue weighted by Gasteiger charge is -2.33. The third-order valence-corrected chi connectivity index (χ3v) is 5.50. The average Bonchev–Trinajstić information content (AvgIpc) is 2.69. The summed E-state index contributed by atoms with van der Waals surface area (Å²) in [5, 5.41) is 29.9. The van der Waals surface area contributed by atoms with Gasteiger partial charge in [-0.25, -0.2) is 0 Å². The van der Waals surface area contributed by atoms with E-state index in [1.165, 1.54) is 0 Å². The minimum Gasteiger partial charge on any atom is -0.480 e. The topological polar surface area (TPSA) is 140 Å². The SMILES string of the molecule is CN1CCN(CCNCC(=O)O)CCN(CC(=O)O)CCN(CCN(C)CC(=O)O)CC1. The van der Waals surface area contributed by atoms with E-state index < -0.39 is 17.9 Å². The first-order valence-corrected chi connectivity index (χ1v) is 11.1. The van der Waals surface area contributed by atoms with Gasteiger partial charge < -0.3 is 25.5 Å². The van der Waals surface area contributed by atoms with Gasteiger partial charge in [-0.2, -0.15) is 0 Å². The van der Waals surface area contributed by atoms with Crippen LogP contribution >= 0.6 is 0 Å². The summed E-state index contributed by atoms with van der Waals surface area (Å²) < 4.78 is 0. The fourth-order valence-corrected chi connectivity index (χ4v) is 3.49. The van der Waals surface area contributed by atoms with Crippen LogP contribution in [-0.2, 0) is 14.4 Å². The number of rotatable bonds is 12. The van der Waals surface area contributed by atoms with E-state index in [9.17, 15) is 19.5 Å². The average molecular weight is 461 g/mol. The molecular formula is C20H40N6O6. The molecule has 186 valence electrons. The van der Waals surface area contributed by atoms with E-state index in [1.54, 1.807) is 11.9 Å². The third kappa shape index (κ3) is 14.3. The van der Waals surface area contributed by atoms with Crippen molar-refractivity contribution < 1.29 is 29.7 Å². The van der Waals surface area contributed by atoms with E-state index >= 15 is 0 Å². The van der Waals surface area contributed by atoms with Gasteiger partial charge in [0, 0.05) is 78.5 Å². The Morgan fingerprint density at radius 1 is 0.781 bits per heavy atom. The normalized spacial score (nSPS) is 18.8. The molecule has 1 aliphatic heterocycles. The Hall–Kier alpha value is -1.83. The first-order chi connectivity index (χ1) is 15.2. The van der Waals surface area contributed by atoms with Crippen molar-refractivity contribution in [2.24, 2.45) is 0 Å². The number of carboxylic acids is 3. The highest BCUT2D eigenvalue weighted by atomic mass is 16.4. The Kier molecular flexibility index (Phi) is 14.0. The molecule has 32 heavy (non-hydrogen) atoms. The third-order valence-electron chi connectivity index (χ3n) is 5.50. The summed E-state index contributed by atoms with van der Waals surface area (Å²) in [6, 6.07) is 0. The van der Waals surface area contributed by atoms with Crippen molar-refractivity contribution in [3.8, 4) is 0 Å².